The molecule has 8 heteroatoms. The molecule has 25 heavy (non-hydrogen) atoms. The fraction of sp³-hybridized carbons (Fsp3) is 0.471. The zero-order valence-electron chi connectivity index (χ0n) is 14.4. The highest BCUT2D eigenvalue weighted by atomic mass is 15.5. The third-order valence-corrected chi connectivity index (χ3v) is 4.63. The standard InChI is InChI=1S/C17H22N8/c1-2-15-18-19-17-13-23(11-12-24(15)17)10-6-9-16-20-21-22-25(16)14-7-4-3-5-8-14/h3-5,7-8H,2,6,9-13H2,1H3. The first kappa shape index (κ1) is 15.9. The number of benzene rings is 1. The van der Waals surface area contributed by atoms with Crippen LogP contribution < -0.4 is 0 Å². The Morgan fingerprint density at radius 2 is 1.88 bits per heavy atom. The largest absolute Gasteiger partial charge is 0.313 e. The third-order valence-electron chi connectivity index (χ3n) is 4.63. The number of tetrazole rings is 1. The summed E-state index contributed by atoms with van der Waals surface area (Å²) in [6.07, 6.45) is 2.81. The van der Waals surface area contributed by atoms with Crippen molar-refractivity contribution in [1.82, 2.24) is 39.9 Å². The molecule has 3 aromatic rings. The molecular formula is C17H22N8. The van der Waals surface area contributed by atoms with Gasteiger partial charge in [0.15, 0.2) is 5.82 Å². The van der Waals surface area contributed by atoms with E-state index in [-0.39, 0.29) is 0 Å². The molecule has 0 spiro atoms. The van der Waals surface area contributed by atoms with E-state index in [4.69, 9.17) is 0 Å². The van der Waals surface area contributed by atoms with E-state index in [0.29, 0.717) is 0 Å². The van der Waals surface area contributed by atoms with Crippen LogP contribution in [0.1, 0.15) is 30.8 Å². The second-order valence-corrected chi connectivity index (χ2v) is 6.26. The van der Waals surface area contributed by atoms with Crippen LogP contribution in [0.2, 0.25) is 0 Å². The fourth-order valence-corrected chi connectivity index (χ4v) is 3.31. The lowest BCUT2D eigenvalue weighted by Crippen LogP contribution is -2.35. The van der Waals surface area contributed by atoms with Gasteiger partial charge in [0.25, 0.3) is 0 Å². The van der Waals surface area contributed by atoms with E-state index in [1.807, 2.05) is 35.0 Å². The molecule has 0 bridgehead atoms. The Morgan fingerprint density at radius 3 is 2.72 bits per heavy atom. The molecule has 0 saturated carbocycles. The van der Waals surface area contributed by atoms with Crippen LogP contribution in [0.25, 0.3) is 5.69 Å². The Bertz CT molecular complexity index is 822. The lowest BCUT2D eigenvalue weighted by molar-refractivity contribution is 0.212. The van der Waals surface area contributed by atoms with E-state index in [1.165, 1.54) is 0 Å². The van der Waals surface area contributed by atoms with Crippen LogP contribution in [-0.4, -0.2) is 53.0 Å². The Labute approximate surface area is 146 Å². The predicted molar refractivity (Wildman–Crippen MR) is 92.2 cm³/mol. The minimum absolute atomic E-state index is 0.852. The van der Waals surface area contributed by atoms with E-state index in [9.17, 15) is 0 Å². The van der Waals surface area contributed by atoms with Gasteiger partial charge in [-0.3, -0.25) is 4.90 Å². The number of nitrogens with zero attached hydrogens (tertiary/aromatic N) is 8. The van der Waals surface area contributed by atoms with Crippen molar-refractivity contribution in [1.29, 1.82) is 0 Å². The van der Waals surface area contributed by atoms with E-state index < -0.39 is 0 Å². The van der Waals surface area contributed by atoms with Crippen molar-refractivity contribution in [2.24, 2.45) is 0 Å². The summed E-state index contributed by atoms with van der Waals surface area (Å²) in [4.78, 5) is 2.43. The minimum atomic E-state index is 0.852. The number of aromatic nitrogens is 7. The minimum Gasteiger partial charge on any atom is -0.313 e. The molecule has 8 nitrogen and oxygen atoms in total. The van der Waals surface area contributed by atoms with Crippen LogP contribution in [0.4, 0.5) is 0 Å². The lowest BCUT2D eigenvalue weighted by atomic mass is 10.2. The van der Waals surface area contributed by atoms with Crippen LogP contribution in [-0.2, 0) is 25.9 Å². The van der Waals surface area contributed by atoms with Crippen molar-refractivity contribution in [3.05, 3.63) is 47.8 Å². The van der Waals surface area contributed by atoms with E-state index in [0.717, 1.165) is 68.6 Å². The van der Waals surface area contributed by atoms with Gasteiger partial charge in [-0.15, -0.1) is 15.3 Å². The molecule has 4 rings (SSSR count). The zero-order valence-corrected chi connectivity index (χ0v) is 14.4. The highest BCUT2D eigenvalue weighted by molar-refractivity contribution is 5.30. The molecular weight excluding hydrogens is 316 g/mol. The van der Waals surface area contributed by atoms with Gasteiger partial charge in [0, 0.05) is 25.9 Å². The molecule has 130 valence electrons. The van der Waals surface area contributed by atoms with Crippen LogP contribution in [0, 0.1) is 0 Å². The highest BCUT2D eigenvalue weighted by Gasteiger charge is 2.20. The SMILES string of the molecule is CCc1nnc2n1CCN(CCCc1nnnn1-c1ccccc1)C2. The van der Waals surface area contributed by atoms with Crippen molar-refractivity contribution in [3.8, 4) is 5.69 Å². The maximum Gasteiger partial charge on any atom is 0.156 e. The lowest BCUT2D eigenvalue weighted by Gasteiger charge is -2.27. The van der Waals surface area contributed by atoms with Gasteiger partial charge in [-0.2, -0.15) is 4.68 Å². The summed E-state index contributed by atoms with van der Waals surface area (Å²) >= 11 is 0. The molecule has 3 heterocycles. The molecule has 0 N–H and O–H groups in total. The smallest absolute Gasteiger partial charge is 0.156 e. The van der Waals surface area contributed by atoms with Crippen LogP contribution in [0.15, 0.2) is 30.3 Å². The monoisotopic (exact) mass is 338 g/mol. The summed E-state index contributed by atoms with van der Waals surface area (Å²) in [6, 6.07) is 10.0. The van der Waals surface area contributed by atoms with Crippen molar-refractivity contribution < 1.29 is 0 Å². The van der Waals surface area contributed by atoms with Gasteiger partial charge in [0.2, 0.25) is 0 Å². The quantitative estimate of drug-likeness (QED) is 0.673. The molecule has 0 atom stereocenters. The van der Waals surface area contributed by atoms with Gasteiger partial charge in [0.05, 0.1) is 12.2 Å². The molecule has 0 unspecified atom stereocenters. The van der Waals surface area contributed by atoms with E-state index in [1.54, 1.807) is 0 Å². The number of para-hydroxylation sites is 1. The van der Waals surface area contributed by atoms with Gasteiger partial charge in [-0.1, -0.05) is 25.1 Å². The molecule has 0 radical (unpaired) electrons. The zero-order chi connectivity index (χ0) is 17.1. The summed E-state index contributed by atoms with van der Waals surface area (Å²) in [5.74, 6) is 3.08. The van der Waals surface area contributed by atoms with Crippen molar-refractivity contribution in [2.45, 2.75) is 39.3 Å². The second-order valence-electron chi connectivity index (χ2n) is 6.26. The van der Waals surface area contributed by atoms with Crippen LogP contribution in [0.5, 0.6) is 0 Å². The van der Waals surface area contributed by atoms with Crippen molar-refractivity contribution in [3.63, 3.8) is 0 Å². The molecule has 1 aliphatic rings. The Balaban J connectivity index is 1.34. The summed E-state index contributed by atoms with van der Waals surface area (Å²) in [5, 5.41) is 20.7. The van der Waals surface area contributed by atoms with Crippen molar-refractivity contribution >= 4 is 0 Å². The molecule has 0 fully saturated rings. The number of fused-ring (bicyclic) bond motifs is 1. The summed E-state index contributed by atoms with van der Waals surface area (Å²) in [6.45, 7) is 6.03. The molecule has 0 saturated heterocycles. The van der Waals surface area contributed by atoms with Gasteiger partial charge < -0.3 is 4.57 Å². The van der Waals surface area contributed by atoms with Gasteiger partial charge in [-0.05, 0) is 35.5 Å². The van der Waals surface area contributed by atoms with E-state index in [2.05, 4.69) is 42.1 Å². The Hall–Kier alpha value is -2.61. The summed E-state index contributed by atoms with van der Waals surface area (Å²) in [5.41, 5.74) is 1.00. The maximum atomic E-state index is 4.32. The number of hydrogen-bond acceptors (Lipinski definition) is 6. The Kier molecular flexibility index (Phi) is 4.51. The average Bonchev–Trinajstić information content (AvgIpc) is 3.28. The van der Waals surface area contributed by atoms with E-state index >= 15 is 0 Å². The first-order chi connectivity index (χ1) is 12.3. The summed E-state index contributed by atoms with van der Waals surface area (Å²) in [7, 11) is 0. The predicted octanol–water partition coefficient (Wildman–Crippen LogP) is 1.26. The molecule has 1 aromatic carbocycles. The van der Waals surface area contributed by atoms with Crippen LogP contribution in [0.3, 0.4) is 0 Å². The number of aryl methyl sites for hydroxylation is 2. The first-order valence-corrected chi connectivity index (χ1v) is 8.81. The van der Waals surface area contributed by atoms with Gasteiger partial charge in [0.1, 0.15) is 11.6 Å². The molecule has 0 amide bonds. The van der Waals surface area contributed by atoms with Crippen molar-refractivity contribution in [2.75, 3.05) is 13.1 Å². The fourth-order valence-electron chi connectivity index (χ4n) is 3.31. The number of rotatable bonds is 6. The second kappa shape index (κ2) is 7.10. The topological polar surface area (TPSA) is 77.6 Å². The normalized spacial score (nSPS) is 14.6. The first-order valence-electron chi connectivity index (χ1n) is 8.81. The molecule has 0 aliphatic carbocycles. The third kappa shape index (κ3) is 3.30. The highest BCUT2D eigenvalue weighted by Crippen LogP contribution is 2.14. The summed E-state index contributed by atoms with van der Waals surface area (Å²) < 4.78 is 4.08. The molecule has 2 aromatic heterocycles. The average molecular weight is 338 g/mol. The number of hydrogen-bond donors (Lipinski definition) is 0. The Morgan fingerprint density at radius 1 is 1.00 bits per heavy atom. The van der Waals surface area contributed by atoms with Gasteiger partial charge >= 0.3 is 0 Å². The maximum absolute atomic E-state index is 4.32. The molecule has 1 aliphatic heterocycles. The van der Waals surface area contributed by atoms with Gasteiger partial charge in [-0.25, -0.2) is 0 Å². The van der Waals surface area contributed by atoms with Crippen LogP contribution >= 0.6 is 0 Å².